The predicted molar refractivity (Wildman–Crippen MR) is 129 cm³/mol. The fourth-order valence-electron chi connectivity index (χ4n) is 5.17. The van der Waals surface area contributed by atoms with Crippen LogP contribution in [0.1, 0.15) is 61.5 Å². The van der Waals surface area contributed by atoms with Gasteiger partial charge >= 0.3 is 12.3 Å². The molecule has 1 saturated heterocycles. The highest BCUT2D eigenvalue weighted by molar-refractivity contribution is 5.78. The minimum absolute atomic E-state index is 0.339. The number of nitrogens with two attached hydrogens (primary N) is 1. The molecule has 1 heterocycles. The molecule has 1 fully saturated rings. The summed E-state index contributed by atoms with van der Waals surface area (Å²) >= 11 is 0. The third-order valence-electron chi connectivity index (χ3n) is 6.97. The maximum absolute atomic E-state index is 13.4. The van der Waals surface area contributed by atoms with Crippen LogP contribution >= 0.6 is 0 Å². The molecule has 2 aliphatic rings. The second-order valence-corrected chi connectivity index (χ2v) is 9.69. The number of hydrogen-bond donors (Lipinski definition) is 1. The maximum Gasteiger partial charge on any atom is 0.416 e. The number of aryl methyl sites for hydroxylation is 1. The Kier molecular flexibility index (Phi) is 6.75. The molecule has 0 bridgehead atoms. The van der Waals surface area contributed by atoms with Crippen molar-refractivity contribution in [3.63, 3.8) is 0 Å². The SMILES string of the molecule is COc1ccc(N)cc1C1=C(CN2C(=O)O[C@H](c3cc(C)cc(C(F)(F)F)c3)[C@@H]2C)CC(C)CC1. The van der Waals surface area contributed by atoms with Crippen LogP contribution in [0.15, 0.2) is 42.0 Å². The molecular formula is C27H31F3N2O3. The van der Waals surface area contributed by atoms with Gasteiger partial charge in [-0.25, -0.2) is 4.79 Å². The number of carbonyl (C=O) groups excluding carboxylic acids is 1. The molecule has 0 radical (unpaired) electrons. The molecule has 188 valence electrons. The van der Waals surface area contributed by atoms with E-state index in [0.29, 0.717) is 29.3 Å². The van der Waals surface area contributed by atoms with Gasteiger partial charge in [0.1, 0.15) is 11.9 Å². The first kappa shape index (κ1) is 24.9. The second-order valence-electron chi connectivity index (χ2n) is 9.69. The number of nitrogens with zero attached hydrogens (tertiary/aromatic N) is 1. The van der Waals surface area contributed by atoms with Gasteiger partial charge in [-0.3, -0.25) is 4.90 Å². The average Bonchev–Trinajstić information content (AvgIpc) is 3.06. The summed E-state index contributed by atoms with van der Waals surface area (Å²) in [6.45, 7) is 5.94. The quantitative estimate of drug-likeness (QED) is 0.472. The van der Waals surface area contributed by atoms with Gasteiger partial charge in [0.25, 0.3) is 0 Å². The zero-order valence-corrected chi connectivity index (χ0v) is 20.4. The lowest BCUT2D eigenvalue weighted by Crippen LogP contribution is -2.34. The minimum Gasteiger partial charge on any atom is -0.496 e. The predicted octanol–water partition coefficient (Wildman–Crippen LogP) is 6.76. The molecule has 0 aromatic heterocycles. The van der Waals surface area contributed by atoms with Crippen LogP contribution in [0.2, 0.25) is 0 Å². The number of hydrogen-bond acceptors (Lipinski definition) is 4. The maximum atomic E-state index is 13.4. The van der Waals surface area contributed by atoms with E-state index in [2.05, 4.69) is 6.92 Å². The van der Waals surface area contributed by atoms with Crippen LogP contribution in [0.5, 0.6) is 5.75 Å². The largest absolute Gasteiger partial charge is 0.496 e. The van der Waals surface area contributed by atoms with Gasteiger partial charge in [0.05, 0.1) is 18.7 Å². The smallest absolute Gasteiger partial charge is 0.416 e. The third-order valence-corrected chi connectivity index (χ3v) is 6.97. The van der Waals surface area contributed by atoms with Crippen molar-refractivity contribution in [3.8, 4) is 5.75 Å². The zero-order chi connectivity index (χ0) is 25.5. The lowest BCUT2D eigenvalue weighted by Gasteiger charge is -2.30. The molecule has 4 rings (SSSR count). The van der Waals surface area contributed by atoms with Gasteiger partial charge in [-0.15, -0.1) is 0 Å². The third kappa shape index (κ3) is 5.11. The lowest BCUT2D eigenvalue weighted by atomic mass is 9.81. The summed E-state index contributed by atoms with van der Waals surface area (Å²) in [5, 5.41) is 0. The normalized spacial score (nSPS) is 23.0. The highest BCUT2D eigenvalue weighted by atomic mass is 19.4. The fourth-order valence-corrected chi connectivity index (χ4v) is 5.17. The summed E-state index contributed by atoms with van der Waals surface area (Å²) < 4.78 is 51.3. The summed E-state index contributed by atoms with van der Waals surface area (Å²) in [6, 6.07) is 8.92. The number of methoxy groups -OCH3 is 1. The molecule has 1 aliphatic heterocycles. The van der Waals surface area contributed by atoms with Crippen LogP contribution in [-0.2, 0) is 10.9 Å². The van der Waals surface area contributed by atoms with Crippen LogP contribution in [-0.4, -0.2) is 30.7 Å². The van der Waals surface area contributed by atoms with E-state index in [-0.39, 0.29) is 0 Å². The van der Waals surface area contributed by atoms with E-state index in [1.165, 1.54) is 0 Å². The molecule has 35 heavy (non-hydrogen) atoms. The van der Waals surface area contributed by atoms with E-state index in [9.17, 15) is 18.0 Å². The Hall–Kier alpha value is -3.16. The Labute approximate surface area is 203 Å². The molecule has 1 aliphatic carbocycles. The van der Waals surface area contributed by atoms with Gasteiger partial charge < -0.3 is 15.2 Å². The van der Waals surface area contributed by atoms with Gasteiger partial charge in [0.15, 0.2) is 0 Å². The number of cyclic esters (lactones) is 1. The average molecular weight is 489 g/mol. The number of amides is 1. The van der Waals surface area contributed by atoms with Crippen molar-refractivity contribution in [3.05, 3.63) is 64.2 Å². The molecule has 3 atom stereocenters. The number of benzene rings is 2. The van der Waals surface area contributed by atoms with E-state index in [4.69, 9.17) is 15.2 Å². The first-order valence-electron chi connectivity index (χ1n) is 11.8. The number of nitrogen functional groups attached to an aromatic ring is 1. The van der Waals surface area contributed by atoms with Crippen LogP contribution in [0.25, 0.3) is 5.57 Å². The molecule has 2 aromatic rings. The van der Waals surface area contributed by atoms with Gasteiger partial charge in [0, 0.05) is 17.8 Å². The summed E-state index contributed by atoms with van der Waals surface area (Å²) in [4.78, 5) is 14.5. The van der Waals surface area contributed by atoms with Crippen molar-refractivity contribution in [2.75, 3.05) is 19.4 Å². The van der Waals surface area contributed by atoms with Crippen LogP contribution in [0, 0.1) is 12.8 Å². The first-order chi connectivity index (χ1) is 16.5. The standard InChI is InChI=1S/C27H31F3N2O3/c1-15-5-7-22(23-13-21(31)6-8-24(23)34-4)19(9-15)14-32-17(3)25(35-26(32)33)18-10-16(2)11-20(12-18)27(28,29)30/h6,8,10-13,15,17,25H,5,7,9,14,31H2,1-4H3/t15?,17-,25-/m0/s1. The number of halogens is 3. The van der Waals surface area contributed by atoms with Gasteiger partial charge in [-0.1, -0.05) is 18.6 Å². The molecule has 2 aromatic carbocycles. The Morgan fingerprint density at radius 3 is 2.60 bits per heavy atom. The fraction of sp³-hybridized carbons (Fsp3) is 0.444. The topological polar surface area (TPSA) is 64.8 Å². The van der Waals surface area contributed by atoms with Gasteiger partial charge in [-0.2, -0.15) is 13.2 Å². The van der Waals surface area contributed by atoms with Crippen molar-refractivity contribution in [1.29, 1.82) is 0 Å². The lowest BCUT2D eigenvalue weighted by molar-refractivity contribution is -0.137. The highest BCUT2D eigenvalue weighted by Crippen LogP contribution is 2.42. The second kappa shape index (κ2) is 9.47. The Morgan fingerprint density at radius 1 is 1.17 bits per heavy atom. The molecule has 0 saturated carbocycles. The number of anilines is 1. The zero-order valence-electron chi connectivity index (χ0n) is 20.4. The molecule has 0 spiro atoms. The van der Waals surface area contributed by atoms with Gasteiger partial charge in [0.2, 0.25) is 0 Å². The van der Waals surface area contributed by atoms with Crippen molar-refractivity contribution in [2.45, 2.75) is 58.4 Å². The molecular weight excluding hydrogens is 457 g/mol. The summed E-state index contributed by atoms with van der Waals surface area (Å²) in [5.41, 5.74) is 9.88. The number of allylic oxidation sites excluding steroid dienone is 1. The molecule has 8 heteroatoms. The number of alkyl halides is 3. The Morgan fingerprint density at radius 2 is 1.91 bits per heavy atom. The molecule has 1 amide bonds. The van der Waals surface area contributed by atoms with E-state index in [1.807, 2.05) is 19.1 Å². The van der Waals surface area contributed by atoms with E-state index >= 15 is 0 Å². The van der Waals surface area contributed by atoms with Crippen molar-refractivity contribution in [1.82, 2.24) is 4.90 Å². The monoisotopic (exact) mass is 488 g/mol. The van der Waals surface area contributed by atoms with Crippen molar-refractivity contribution < 1.29 is 27.4 Å². The van der Waals surface area contributed by atoms with Gasteiger partial charge in [-0.05, 0) is 86.1 Å². The molecule has 5 nitrogen and oxygen atoms in total. The highest BCUT2D eigenvalue weighted by Gasteiger charge is 2.42. The van der Waals surface area contributed by atoms with Crippen molar-refractivity contribution in [2.24, 2.45) is 5.92 Å². The number of ether oxygens (including phenoxy) is 2. The minimum atomic E-state index is -4.47. The summed E-state index contributed by atoms with van der Waals surface area (Å²) in [7, 11) is 1.61. The van der Waals surface area contributed by atoms with Crippen LogP contribution in [0.4, 0.5) is 23.7 Å². The summed E-state index contributed by atoms with van der Waals surface area (Å²) in [5.74, 6) is 1.16. The molecule has 1 unspecified atom stereocenters. The number of rotatable bonds is 5. The Balaban J connectivity index is 1.67. The first-order valence-corrected chi connectivity index (χ1v) is 11.8. The van der Waals surface area contributed by atoms with E-state index in [0.717, 1.165) is 53.9 Å². The number of carbonyl (C=O) groups is 1. The van der Waals surface area contributed by atoms with E-state index in [1.54, 1.807) is 31.1 Å². The molecule has 2 N–H and O–H groups in total. The van der Waals surface area contributed by atoms with Crippen molar-refractivity contribution >= 4 is 17.4 Å². The van der Waals surface area contributed by atoms with Crippen LogP contribution in [0.3, 0.4) is 0 Å². The summed E-state index contributed by atoms with van der Waals surface area (Å²) in [6.07, 6.45) is -3.15. The van der Waals surface area contributed by atoms with Crippen LogP contribution < -0.4 is 10.5 Å². The van der Waals surface area contributed by atoms with E-state index < -0.39 is 30.0 Å². The Bertz CT molecular complexity index is 1160.